The smallest absolute Gasteiger partial charge is 0.274 e. The Morgan fingerprint density at radius 3 is 2.93 bits per heavy atom. The summed E-state index contributed by atoms with van der Waals surface area (Å²) in [6.45, 7) is 2.56. The zero-order valence-electron chi connectivity index (χ0n) is 15.0. The van der Waals surface area contributed by atoms with Crippen molar-refractivity contribution in [3.63, 3.8) is 0 Å². The van der Waals surface area contributed by atoms with E-state index in [1.165, 1.54) is 6.20 Å². The number of nitrogens with zero attached hydrogens (tertiary/aromatic N) is 2. The molecule has 1 aliphatic rings. The first-order chi connectivity index (χ1) is 13.6. The van der Waals surface area contributed by atoms with Crippen LogP contribution in [0.2, 0.25) is 5.02 Å². The molecule has 2 aromatic carbocycles. The molecular formula is C20H17ClN4O3. The van der Waals surface area contributed by atoms with Gasteiger partial charge >= 0.3 is 0 Å². The lowest BCUT2D eigenvalue weighted by Crippen LogP contribution is -2.16. The molecule has 0 spiro atoms. The number of benzene rings is 2. The Balaban J connectivity index is 1.44. The van der Waals surface area contributed by atoms with Crippen molar-refractivity contribution >= 4 is 29.1 Å². The molecule has 0 saturated carbocycles. The zero-order valence-corrected chi connectivity index (χ0v) is 15.8. The SMILES string of the molecule is Cc1c(Cl)cccc1NC(=O)c1ccnc(NCc2ccc3c(c2)OCO3)n1. The summed E-state index contributed by atoms with van der Waals surface area (Å²) in [4.78, 5) is 21.0. The fourth-order valence-electron chi connectivity index (χ4n) is 2.73. The lowest BCUT2D eigenvalue weighted by molar-refractivity contribution is 0.102. The van der Waals surface area contributed by atoms with Crippen molar-refractivity contribution in [3.8, 4) is 11.5 Å². The highest BCUT2D eigenvalue weighted by molar-refractivity contribution is 6.31. The van der Waals surface area contributed by atoms with E-state index in [0.29, 0.717) is 29.0 Å². The molecule has 28 heavy (non-hydrogen) atoms. The molecule has 0 fully saturated rings. The highest BCUT2D eigenvalue weighted by atomic mass is 35.5. The van der Waals surface area contributed by atoms with Gasteiger partial charge in [0.15, 0.2) is 11.5 Å². The number of hydrogen-bond acceptors (Lipinski definition) is 6. The van der Waals surface area contributed by atoms with E-state index >= 15 is 0 Å². The number of amides is 1. The van der Waals surface area contributed by atoms with Crippen molar-refractivity contribution in [1.82, 2.24) is 9.97 Å². The van der Waals surface area contributed by atoms with Crippen LogP contribution in [0.5, 0.6) is 11.5 Å². The van der Waals surface area contributed by atoms with Crippen molar-refractivity contribution < 1.29 is 14.3 Å². The molecule has 0 atom stereocenters. The molecule has 8 heteroatoms. The number of anilines is 2. The van der Waals surface area contributed by atoms with Gasteiger partial charge in [0.25, 0.3) is 5.91 Å². The average molecular weight is 397 g/mol. The van der Waals surface area contributed by atoms with E-state index in [1.807, 2.05) is 25.1 Å². The highest BCUT2D eigenvalue weighted by Gasteiger charge is 2.14. The predicted molar refractivity (Wildman–Crippen MR) is 106 cm³/mol. The molecule has 4 rings (SSSR count). The first-order valence-corrected chi connectivity index (χ1v) is 9.00. The van der Waals surface area contributed by atoms with Gasteiger partial charge in [-0.15, -0.1) is 0 Å². The third-order valence-electron chi connectivity index (χ3n) is 4.29. The lowest BCUT2D eigenvalue weighted by Gasteiger charge is -2.10. The number of hydrogen-bond donors (Lipinski definition) is 2. The minimum atomic E-state index is -0.334. The van der Waals surface area contributed by atoms with Gasteiger partial charge in [0.05, 0.1) is 0 Å². The Morgan fingerprint density at radius 1 is 1.18 bits per heavy atom. The summed E-state index contributed by atoms with van der Waals surface area (Å²) in [6, 6.07) is 12.6. The van der Waals surface area contributed by atoms with Gasteiger partial charge < -0.3 is 20.1 Å². The number of halogens is 1. The van der Waals surface area contributed by atoms with Gasteiger partial charge in [0.2, 0.25) is 12.7 Å². The third kappa shape index (κ3) is 3.84. The van der Waals surface area contributed by atoms with E-state index in [1.54, 1.807) is 24.3 Å². The molecule has 1 aliphatic heterocycles. The summed E-state index contributed by atoms with van der Waals surface area (Å²) >= 11 is 6.10. The number of carbonyl (C=O) groups is 1. The number of aromatic nitrogens is 2. The van der Waals surface area contributed by atoms with Gasteiger partial charge in [-0.3, -0.25) is 4.79 Å². The molecular weight excluding hydrogens is 380 g/mol. The molecule has 0 aliphatic carbocycles. The number of rotatable bonds is 5. The van der Waals surface area contributed by atoms with E-state index in [4.69, 9.17) is 21.1 Å². The second kappa shape index (κ2) is 7.74. The normalized spacial score (nSPS) is 11.9. The molecule has 0 radical (unpaired) electrons. The van der Waals surface area contributed by atoms with Crippen LogP contribution in [-0.2, 0) is 6.54 Å². The van der Waals surface area contributed by atoms with Gasteiger partial charge in [-0.2, -0.15) is 0 Å². The highest BCUT2D eigenvalue weighted by Crippen LogP contribution is 2.32. The van der Waals surface area contributed by atoms with Crippen LogP contribution < -0.4 is 20.1 Å². The summed E-state index contributed by atoms with van der Waals surface area (Å²) in [5, 5.41) is 6.53. The number of fused-ring (bicyclic) bond motifs is 1. The van der Waals surface area contributed by atoms with Crippen LogP contribution in [0.1, 0.15) is 21.6 Å². The largest absolute Gasteiger partial charge is 0.454 e. The summed E-state index contributed by atoms with van der Waals surface area (Å²) in [5.41, 5.74) is 2.68. The van der Waals surface area contributed by atoms with E-state index in [-0.39, 0.29) is 18.4 Å². The van der Waals surface area contributed by atoms with Crippen LogP contribution in [-0.4, -0.2) is 22.7 Å². The van der Waals surface area contributed by atoms with Crippen LogP contribution in [0.3, 0.4) is 0 Å². The van der Waals surface area contributed by atoms with Gasteiger partial charge in [0.1, 0.15) is 5.69 Å². The van der Waals surface area contributed by atoms with E-state index in [2.05, 4.69) is 20.6 Å². The molecule has 0 bridgehead atoms. The molecule has 2 N–H and O–H groups in total. The first kappa shape index (κ1) is 18.1. The maximum atomic E-state index is 12.5. The Bertz CT molecular complexity index is 1040. The summed E-state index contributed by atoms with van der Waals surface area (Å²) in [5.74, 6) is 1.47. The number of ether oxygens (including phenoxy) is 2. The second-order valence-corrected chi connectivity index (χ2v) is 6.58. The van der Waals surface area contributed by atoms with E-state index in [9.17, 15) is 4.79 Å². The lowest BCUT2D eigenvalue weighted by atomic mass is 10.2. The summed E-state index contributed by atoms with van der Waals surface area (Å²) < 4.78 is 10.7. The first-order valence-electron chi connectivity index (χ1n) is 8.62. The van der Waals surface area contributed by atoms with Crippen molar-refractivity contribution in [2.75, 3.05) is 17.4 Å². The van der Waals surface area contributed by atoms with Crippen molar-refractivity contribution in [2.24, 2.45) is 0 Å². The van der Waals surface area contributed by atoms with Crippen LogP contribution in [0, 0.1) is 6.92 Å². The van der Waals surface area contributed by atoms with E-state index < -0.39 is 0 Å². The topological polar surface area (TPSA) is 85.4 Å². The third-order valence-corrected chi connectivity index (χ3v) is 4.70. The molecule has 3 aromatic rings. The van der Waals surface area contributed by atoms with Gasteiger partial charge in [0, 0.05) is 23.5 Å². The predicted octanol–water partition coefficient (Wildman–Crippen LogP) is 4.03. The number of nitrogens with one attached hydrogen (secondary N) is 2. The minimum Gasteiger partial charge on any atom is -0.454 e. The molecule has 0 saturated heterocycles. The molecule has 7 nitrogen and oxygen atoms in total. The Morgan fingerprint density at radius 2 is 2.04 bits per heavy atom. The van der Waals surface area contributed by atoms with Crippen LogP contribution >= 0.6 is 11.6 Å². The molecule has 142 valence electrons. The van der Waals surface area contributed by atoms with E-state index in [0.717, 1.165) is 16.9 Å². The van der Waals surface area contributed by atoms with Crippen molar-refractivity contribution in [1.29, 1.82) is 0 Å². The Labute approximate surface area is 166 Å². The Hall–Kier alpha value is -3.32. The minimum absolute atomic E-state index is 0.235. The monoisotopic (exact) mass is 396 g/mol. The Kier molecular flexibility index (Phi) is 4.99. The molecule has 0 unspecified atom stereocenters. The fraction of sp³-hybridized carbons (Fsp3) is 0.150. The van der Waals surface area contributed by atoms with Gasteiger partial charge in [-0.25, -0.2) is 9.97 Å². The average Bonchev–Trinajstić information content (AvgIpc) is 3.18. The van der Waals surface area contributed by atoms with Crippen LogP contribution in [0.4, 0.5) is 11.6 Å². The quantitative estimate of drug-likeness (QED) is 0.677. The fourth-order valence-corrected chi connectivity index (χ4v) is 2.91. The summed E-state index contributed by atoms with van der Waals surface area (Å²) in [7, 11) is 0. The summed E-state index contributed by atoms with van der Waals surface area (Å²) in [6.07, 6.45) is 1.54. The standard InChI is InChI=1S/C20H17ClN4O3/c1-12-14(21)3-2-4-15(12)24-19(26)16-7-8-22-20(25-16)23-10-13-5-6-17-18(9-13)28-11-27-17/h2-9H,10-11H2,1H3,(H,24,26)(H,22,23,25). The van der Waals surface area contributed by atoms with Crippen LogP contribution in [0.15, 0.2) is 48.7 Å². The number of carbonyl (C=O) groups excluding carboxylic acids is 1. The second-order valence-electron chi connectivity index (χ2n) is 6.17. The van der Waals surface area contributed by atoms with Crippen molar-refractivity contribution in [2.45, 2.75) is 13.5 Å². The van der Waals surface area contributed by atoms with Crippen LogP contribution in [0.25, 0.3) is 0 Å². The molecule has 2 heterocycles. The maximum absolute atomic E-state index is 12.5. The van der Waals surface area contributed by atoms with Crippen molar-refractivity contribution in [3.05, 3.63) is 70.5 Å². The van der Waals surface area contributed by atoms with Gasteiger partial charge in [-0.1, -0.05) is 23.7 Å². The maximum Gasteiger partial charge on any atom is 0.274 e. The molecule has 1 aromatic heterocycles. The van der Waals surface area contributed by atoms with Gasteiger partial charge in [-0.05, 0) is 48.4 Å². The zero-order chi connectivity index (χ0) is 19.5. The molecule has 1 amide bonds.